The summed E-state index contributed by atoms with van der Waals surface area (Å²) in [6.07, 6.45) is 0.852. The molecule has 2 atom stereocenters. The second kappa shape index (κ2) is 8.97. The Kier molecular flexibility index (Phi) is 6.42. The van der Waals surface area contributed by atoms with E-state index in [4.69, 9.17) is 0 Å². The van der Waals surface area contributed by atoms with E-state index in [9.17, 15) is 4.79 Å². The highest BCUT2D eigenvalue weighted by atomic mass is 16.2. The third-order valence-electron chi connectivity index (χ3n) is 4.96. The van der Waals surface area contributed by atoms with Gasteiger partial charge in [0, 0.05) is 32.2 Å². The van der Waals surface area contributed by atoms with E-state index in [-0.39, 0.29) is 11.9 Å². The zero-order valence-electron chi connectivity index (χ0n) is 15.7. The van der Waals surface area contributed by atoms with Crippen molar-refractivity contribution < 1.29 is 4.79 Å². The van der Waals surface area contributed by atoms with Crippen LogP contribution >= 0.6 is 0 Å². The molecular formula is C22H29N3O. The molecule has 1 heterocycles. The van der Waals surface area contributed by atoms with Crippen LogP contribution in [0.5, 0.6) is 0 Å². The van der Waals surface area contributed by atoms with Gasteiger partial charge < -0.3 is 10.6 Å². The molecule has 0 bridgehead atoms. The summed E-state index contributed by atoms with van der Waals surface area (Å²) >= 11 is 0. The smallest absolute Gasteiger partial charge is 0.237 e. The first kappa shape index (κ1) is 18.6. The molecule has 0 saturated carbocycles. The van der Waals surface area contributed by atoms with Crippen molar-refractivity contribution in [1.29, 1.82) is 0 Å². The molecule has 1 saturated heterocycles. The Morgan fingerprint density at radius 3 is 2.62 bits per heavy atom. The van der Waals surface area contributed by atoms with Gasteiger partial charge in [0.1, 0.15) is 0 Å². The van der Waals surface area contributed by atoms with Gasteiger partial charge >= 0.3 is 0 Å². The van der Waals surface area contributed by atoms with Crippen LogP contribution in [0.15, 0.2) is 54.6 Å². The van der Waals surface area contributed by atoms with Crippen molar-refractivity contribution in [2.75, 3.05) is 13.1 Å². The van der Waals surface area contributed by atoms with E-state index in [1.807, 2.05) is 13.0 Å². The van der Waals surface area contributed by atoms with Crippen LogP contribution in [0, 0.1) is 6.92 Å². The maximum absolute atomic E-state index is 12.5. The Labute approximate surface area is 156 Å². The summed E-state index contributed by atoms with van der Waals surface area (Å²) in [6, 6.07) is 19.2. The molecule has 2 aromatic carbocycles. The van der Waals surface area contributed by atoms with Crippen LogP contribution in [0.4, 0.5) is 0 Å². The molecule has 1 fully saturated rings. The van der Waals surface area contributed by atoms with E-state index in [1.165, 1.54) is 16.7 Å². The fraction of sp³-hybridized carbons (Fsp3) is 0.409. The third kappa shape index (κ3) is 4.93. The van der Waals surface area contributed by atoms with Crippen molar-refractivity contribution in [3.63, 3.8) is 0 Å². The zero-order chi connectivity index (χ0) is 18.4. The molecule has 26 heavy (non-hydrogen) atoms. The van der Waals surface area contributed by atoms with Crippen LogP contribution in [0.2, 0.25) is 0 Å². The van der Waals surface area contributed by atoms with Gasteiger partial charge in [-0.15, -0.1) is 0 Å². The number of rotatable bonds is 7. The Balaban J connectivity index is 1.64. The fourth-order valence-corrected chi connectivity index (χ4v) is 3.69. The van der Waals surface area contributed by atoms with E-state index in [0.717, 1.165) is 26.1 Å². The number of likely N-dealkylation sites (N-methyl/N-ethyl adjacent to an activating group) is 1. The molecule has 0 unspecified atom stereocenters. The average molecular weight is 351 g/mol. The summed E-state index contributed by atoms with van der Waals surface area (Å²) in [4.78, 5) is 14.8. The number of carbonyl (C=O) groups is 1. The van der Waals surface area contributed by atoms with Gasteiger partial charge in [-0.1, -0.05) is 60.2 Å². The molecule has 4 heteroatoms. The van der Waals surface area contributed by atoms with Crippen molar-refractivity contribution in [3.05, 3.63) is 71.3 Å². The molecule has 0 radical (unpaired) electrons. The molecular weight excluding hydrogens is 322 g/mol. The number of likely N-dealkylation sites (tertiary alicyclic amines) is 1. The molecule has 1 amide bonds. The quantitative estimate of drug-likeness (QED) is 0.806. The standard InChI is InChI=1S/C22H29N3O/c1-3-23-22(26)21-13-20(24-14-19-11-7-8-17(2)12-19)16-25(21)15-18-9-5-4-6-10-18/h4-12,20-21,24H,3,13-16H2,1-2H3,(H,23,26)/t20-,21-/m0/s1. The monoisotopic (exact) mass is 351 g/mol. The Morgan fingerprint density at radius 2 is 1.88 bits per heavy atom. The van der Waals surface area contributed by atoms with Crippen molar-refractivity contribution in [2.24, 2.45) is 0 Å². The van der Waals surface area contributed by atoms with Crippen LogP contribution in [0.25, 0.3) is 0 Å². The van der Waals surface area contributed by atoms with Crippen LogP contribution in [-0.2, 0) is 17.9 Å². The van der Waals surface area contributed by atoms with Crippen molar-refractivity contribution >= 4 is 5.91 Å². The number of aryl methyl sites for hydroxylation is 1. The summed E-state index contributed by atoms with van der Waals surface area (Å²) in [5.74, 6) is 0.142. The second-order valence-corrected chi connectivity index (χ2v) is 7.13. The van der Waals surface area contributed by atoms with Gasteiger partial charge in [0.15, 0.2) is 0 Å². The van der Waals surface area contributed by atoms with E-state index < -0.39 is 0 Å². The van der Waals surface area contributed by atoms with Gasteiger partial charge in [-0.2, -0.15) is 0 Å². The molecule has 2 aromatic rings. The number of nitrogens with zero attached hydrogens (tertiary/aromatic N) is 1. The number of amides is 1. The lowest BCUT2D eigenvalue weighted by Crippen LogP contribution is -2.42. The first-order chi connectivity index (χ1) is 12.7. The molecule has 3 rings (SSSR count). The Hall–Kier alpha value is -2.17. The second-order valence-electron chi connectivity index (χ2n) is 7.13. The number of nitrogens with one attached hydrogen (secondary N) is 2. The summed E-state index contributed by atoms with van der Waals surface area (Å²) in [6.45, 7) is 7.31. The first-order valence-electron chi connectivity index (χ1n) is 9.50. The number of benzene rings is 2. The predicted molar refractivity (Wildman–Crippen MR) is 106 cm³/mol. The molecule has 1 aliphatic rings. The maximum Gasteiger partial charge on any atom is 0.237 e. The summed E-state index contributed by atoms with van der Waals surface area (Å²) in [5, 5.41) is 6.64. The summed E-state index contributed by atoms with van der Waals surface area (Å²) in [7, 11) is 0. The molecule has 4 nitrogen and oxygen atoms in total. The third-order valence-corrected chi connectivity index (χ3v) is 4.96. The molecule has 2 N–H and O–H groups in total. The highest BCUT2D eigenvalue weighted by Gasteiger charge is 2.36. The van der Waals surface area contributed by atoms with E-state index >= 15 is 0 Å². The summed E-state index contributed by atoms with van der Waals surface area (Å²) < 4.78 is 0. The van der Waals surface area contributed by atoms with E-state index in [0.29, 0.717) is 12.6 Å². The lowest BCUT2D eigenvalue weighted by molar-refractivity contribution is -0.125. The zero-order valence-corrected chi connectivity index (χ0v) is 15.7. The highest BCUT2D eigenvalue weighted by molar-refractivity contribution is 5.82. The van der Waals surface area contributed by atoms with Crippen LogP contribution in [0.3, 0.4) is 0 Å². The number of carbonyl (C=O) groups excluding carboxylic acids is 1. The first-order valence-corrected chi connectivity index (χ1v) is 9.50. The Morgan fingerprint density at radius 1 is 1.12 bits per heavy atom. The minimum atomic E-state index is -0.0647. The average Bonchev–Trinajstić information content (AvgIpc) is 3.04. The van der Waals surface area contributed by atoms with Gasteiger partial charge in [0.2, 0.25) is 5.91 Å². The van der Waals surface area contributed by atoms with Gasteiger partial charge in [-0.3, -0.25) is 9.69 Å². The largest absolute Gasteiger partial charge is 0.355 e. The molecule has 0 spiro atoms. The molecule has 0 aromatic heterocycles. The van der Waals surface area contributed by atoms with Crippen LogP contribution in [0.1, 0.15) is 30.0 Å². The number of hydrogen-bond acceptors (Lipinski definition) is 3. The van der Waals surface area contributed by atoms with Crippen molar-refractivity contribution in [2.45, 2.75) is 45.4 Å². The minimum absolute atomic E-state index is 0.0647. The van der Waals surface area contributed by atoms with Gasteiger partial charge in [-0.25, -0.2) is 0 Å². The highest BCUT2D eigenvalue weighted by Crippen LogP contribution is 2.21. The van der Waals surface area contributed by atoms with Gasteiger partial charge in [-0.05, 0) is 31.4 Å². The van der Waals surface area contributed by atoms with Crippen LogP contribution in [-0.4, -0.2) is 36.0 Å². The van der Waals surface area contributed by atoms with Gasteiger partial charge in [0.05, 0.1) is 6.04 Å². The number of hydrogen-bond donors (Lipinski definition) is 2. The minimum Gasteiger partial charge on any atom is -0.355 e. The van der Waals surface area contributed by atoms with E-state index in [2.05, 4.69) is 71.0 Å². The normalized spacial score (nSPS) is 20.2. The molecule has 1 aliphatic heterocycles. The van der Waals surface area contributed by atoms with E-state index in [1.54, 1.807) is 0 Å². The lowest BCUT2D eigenvalue weighted by atomic mass is 10.1. The lowest BCUT2D eigenvalue weighted by Gasteiger charge is -2.23. The fourth-order valence-electron chi connectivity index (χ4n) is 3.69. The van der Waals surface area contributed by atoms with Gasteiger partial charge in [0.25, 0.3) is 0 Å². The SMILES string of the molecule is CCNC(=O)[C@@H]1C[C@H](NCc2cccc(C)c2)CN1Cc1ccccc1. The maximum atomic E-state index is 12.5. The Bertz CT molecular complexity index is 716. The molecule has 138 valence electrons. The molecule has 0 aliphatic carbocycles. The van der Waals surface area contributed by atoms with Crippen LogP contribution < -0.4 is 10.6 Å². The van der Waals surface area contributed by atoms with Crippen molar-refractivity contribution in [3.8, 4) is 0 Å². The topological polar surface area (TPSA) is 44.4 Å². The van der Waals surface area contributed by atoms with Crippen molar-refractivity contribution in [1.82, 2.24) is 15.5 Å². The predicted octanol–water partition coefficient (Wildman–Crippen LogP) is 2.86. The summed E-state index contributed by atoms with van der Waals surface area (Å²) in [5.41, 5.74) is 3.82.